The van der Waals surface area contributed by atoms with Crippen LogP contribution < -0.4 is 0 Å². The van der Waals surface area contributed by atoms with Crippen LogP contribution in [0.25, 0.3) is 0 Å². The Morgan fingerprint density at radius 1 is 0.278 bits per heavy atom. The molecule has 0 saturated heterocycles. The number of rotatable bonds is 68. The Hall–Kier alpha value is -1.94. The van der Waals surface area contributed by atoms with Crippen LogP contribution in [0, 0.1) is 23.7 Å². The molecule has 3 N–H and O–H groups in total. The Labute approximate surface area is 549 Å². The van der Waals surface area contributed by atoms with Crippen molar-refractivity contribution in [3.8, 4) is 0 Å². The van der Waals surface area contributed by atoms with Crippen molar-refractivity contribution in [3.05, 3.63) is 0 Å². The van der Waals surface area contributed by atoms with Gasteiger partial charge in [-0.15, -0.1) is 0 Å². The highest BCUT2D eigenvalue weighted by Crippen LogP contribution is 2.45. The lowest BCUT2D eigenvalue weighted by Crippen LogP contribution is -2.30. The number of phosphoric ester groups is 2. The van der Waals surface area contributed by atoms with Crippen molar-refractivity contribution in [2.45, 2.75) is 369 Å². The fourth-order valence-electron chi connectivity index (χ4n) is 10.7. The number of hydrogen-bond donors (Lipinski definition) is 3. The molecule has 5 atom stereocenters. The minimum Gasteiger partial charge on any atom is -0.462 e. The molecule has 0 spiro atoms. The van der Waals surface area contributed by atoms with Crippen LogP contribution in [0.3, 0.4) is 0 Å². The van der Waals surface area contributed by atoms with E-state index in [1.54, 1.807) is 0 Å². The highest BCUT2D eigenvalue weighted by molar-refractivity contribution is 7.47. The Bertz CT molecular complexity index is 1780. The molecule has 534 valence electrons. The average molecular weight is 1330 g/mol. The van der Waals surface area contributed by atoms with E-state index in [4.69, 9.17) is 37.0 Å². The lowest BCUT2D eigenvalue weighted by Gasteiger charge is -2.21. The molecule has 0 bridgehead atoms. The van der Waals surface area contributed by atoms with E-state index in [-0.39, 0.29) is 25.7 Å². The molecule has 0 aliphatic rings. The molecule has 0 aliphatic carbocycles. The average Bonchev–Trinajstić information content (AvgIpc) is 3.42. The van der Waals surface area contributed by atoms with Gasteiger partial charge in [0.15, 0.2) is 12.2 Å². The second-order valence-electron chi connectivity index (χ2n) is 27.5. The SMILES string of the molecule is CC(C)CCCCCCCCCCCCCCCCCCCCC(=O)OC[C@H](COP(=O)(O)OCC(O)COP(=O)(O)OC[C@@H](COC(=O)CCCCCCCCCC(C)C)OC(=O)CCCCCCCCC(C)C)OC(=O)CCCCCCCCCC(C)C. The summed E-state index contributed by atoms with van der Waals surface area (Å²) in [7, 11) is -9.90. The maximum Gasteiger partial charge on any atom is 0.472 e. The van der Waals surface area contributed by atoms with Crippen LogP contribution in [0.4, 0.5) is 0 Å². The van der Waals surface area contributed by atoms with Crippen LogP contribution in [0.5, 0.6) is 0 Å². The van der Waals surface area contributed by atoms with Gasteiger partial charge in [0, 0.05) is 25.7 Å². The summed E-state index contributed by atoms with van der Waals surface area (Å²) in [6, 6.07) is 0. The molecular weight excluding hydrogens is 1190 g/mol. The van der Waals surface area contributed by atoms with Gasteiger partial charge in [-0.1, -0.05) is 299 Å². The molecule has 0 fully saturated rings. The summed E-state index contributed by atoms with van der Waals surface area (Å²) in [6.07, 6.45) is 43.7. The lowest BCUT2D eigenvalue weighted by molar-refractivity contribution is -0.161. The van der Waals surface area contributed by atoms with Gasteiger partial charge in [0.05, 0.1) is 26.4 Å². The van der Waals surface area contributed by atoms with E-state index >= 15 is 0 Å². The Morgan fingerprint density at radius 2 is 0.467 bits per heavy atom. The standard InChI is InChI=1S/C71H138O17P2/c1-61(2)47-39-31-23-19-17-15-13-11-9-10-12-14-16-18-20-26-35-43-51-68(73)81-57-66(87-70(75)53-45-37-28-22-25-33-41-49-63(5)6)59-85-89(77,78)83-55-65(72)56-84-90(79,80)86-60-67(88-71(76)54-46-38-30-29-34-42-50-64(7)8)58-82-69(74)52-44-36-27-21-24-32-40-48-62(3)4/h61-67,72H,9-60H2,1-8H3,(H,77,78)(H,79,80)/t65?,66-,67-/m1/s1. The molecule has 0 aromatic heterocycles. The van der Waals surface area contributed by atoms with Crippen LogP contribution in [-0.2, 0) is 65.4 Å². The van der Waals surface area contributed by atoms with Gasteiger partial charge in [-0.25, -0.2) is 9.13 Å². The Kier molecular flexibility index (Phi) is 59.4. The van der Waals surface area contributed by atoms with Gasteiger partial charge in [-0.2, -0.15) is 0 Å². The van der Waals surface area contributed by atoms with Crippen LogP contribution in [-0.4, -0.2) is 96.7 Å². The summed E-state index contributed by atoms with van der Waals surface area (Å²) in [5, 5.41) is 10.6. The van der Waals surface area contributed by atoms with Crippen molar-refractivity contribution in [1.29, 1.82) is 0 Å². The van der Waals surface area contributed by atoms with Crippen LogP contribution in [0.1, 0.15) is 351 Å². The van der Waals surface area contributed by atoms with Crippen molar-refractivity contribution in [3.63, 3.8) is 0 Å². The second-order valence-corrected chi connectivity index (χ2v) is 30.4. The normalized spacial score (nSPS) is 14.3. The second kappa shape index (κ2) is 60.7. The first-order chi connectivity index (χ1) is 43.1. The molecule has 0 heterocycles. The number of aliphatic hydroxyl groups excluding tert-OH is 1. The number of hydrogen-bond acceptors (Lipinski definition) is 15. The van der Waals surface area contributed by atoms with Crippen molar-refractivity contribution in [2.24, 2.45) is 23.7 Å². The van der Waals surface area contributed by atoms with Gasteiger partial charge < -0.3 is 33.8 Å². The third-order valence-electron chi connectivity index (χ3n) is 16.3. The molecule has 0 amide bonds. The van der Waals surface area contributed by atoms with E-state index in [0.717, 1.165) is 102 Å². The first kappa shape index (κ1) is 88.1. The van der Waals surface area contributed by atoms with Crippen LogP contribution in [0.2, 0.25) is 0 Å². The number of esters is 4. The van der Waals surface area contributed by atoms with Crippen molar-refractivity contribution in [1.82, 2.24) is 0 Å². The molecule has 19 heteroatoms. The van der Waals surface area contributed by atoms with Gasteiger partial charge in [-0.3, -0.25) is 37.3 Å². The zero-order valence-electron chi connectivity index (χ0n) is 58.8. The molecule has 17 nitrogen and oxygen atoms in total. The number of unbranched alkanes of at least 4 members (excludes halogenated alkanes) is 34. The maximum absolute atomic E-state index is 13.0. The van der Waals surface area contributed by atoms with Gasteiger partial charge in [0.2, 0.25) is 0 Å². The fourth-order valence-corrected chi connectivity index (χ4v) is 12.2. The number of carbonyl (C=O) groups is 4. The van der Waals surface area contributed by atoms with E-state index in [1.807, 2.05) is 0 Å². The summed E-state index contributed by atoms with van der Waals surface area (Å²) >= 11 is 0. The lowest BCUT2D eigenvalue weighted by atomic mass is 10.0. The molecular formula is C71H138O17P2. The largest absolute Gasteiger partial charge is 0.472 e. The molecule has 0 aromatic rings. The van der Waals surface area contributed by atoms with E-state index in [0.29, 0.717) is 43.4 Å². The maximum atomic E-state index is 13.0. The monoisotopic (exact) mass is 1320 g/mol. The molecule has 0 aliphatic heterocycles. The summed E-state index contributed by atoms with van der Waals surface area (Å²) in [4.78, 5) is 72.4. The van der Waals surface area contributed by atoms with Gasteiger partial charge in [0.1, 0.15) is 19.3 Å². The van der Waals surface area contributed by atoms with Gasteiger partial charge in [0.25, 0.3) is 0 Å². The van der Waals surface area contributed by atoms with Crippen molar-refractivity contribution >= 4 is 39.5 Å². The summed E-state index contributed by atoms with van der Waals surface area (Å²) in [5.41, 5.74) is 0. The topological polar surface area (TPSA) is 237 Å². The molecule has 0 saturated carbocycles. The Balaban J connectivity index is 5.11. The third-order valence-corrected chi connectivity index (χ3v) is 18.2. The fraction of sp³-hybridized carbons (Fsp3) is 0.944. The van der Waals surface area contributed by atoms with Gasteiger partial charge >= 0.3 is 39.5 Å². The number of carbonyl (C=O) groups excluding carboxylic acids is 4. The predicted molar refractivity (Wildman–Crippen MR) is 363 cm³/mol. The molecule has 0 rings (SSSR count). The number of aliphatic hydroxyl groups is 1. The van der Waals surface area contributed by atoms with Crippen LogP contribution in [0.15, 0.2) is 0 Å². The van der Waals surface area contributed by atoms with E-state index < -0.39 is 97.5 Å². The quantitative estimate of drug-likeness (QED) is 0.0222. The van der Waals surface area contributed by atoms with E-state index in [1.165, 1.54) is 148 Å². The minimum atomic E-state index is -4.95. The van der Waals surface area contributed by atoms with Crippen molar-refractivity contribution < 1.29 is 80.2 Å². The minimum absolute atomic E-state index is 0.101. The third kappa shape index (κ3) is 64.8. The van der Waals surface area contributed by atoms with Gasteiger partial charge in [-0.05, 0) is 49.4 Å². The molecule has 0 radical (unpaired) electrons. The Morgan fingerprint density at radius 3 is 0.689 bits per heavy atom. The summed E-state index contributed by atoms with van der Waals surface area (Å²) in [5.74, 6) is 0.756. The highest BCUT2D eigenvalue weighted by Gasteiger charge is 2.30. The first-order valence-corrected chi connectivity index (χ1v) is 39.7. The van der Waals surface area contributed by atoms with E-state index in [9.17, 15) is 43.2 Å². The highest BCUT2D eigenvalue weighted by atomic mass is 31.2. The molecule has 90 heavy (non-hydrogen) atoms. The smallest absolute Gasteiger partial charge is 0.462 e. The van der Waals surface area contributed by atoms with Crippen molar-refractivity contribution in [2.75, 3.05) is 39.6 Å². The molecule has 0 aromatic carbocycles. The van der Waals surface area contributed by atoms with E-state index in [2.05, 4.69) is 55.4 Å². The zero-order chi connectivity index (χ0) is 66.8. The number of phosphoric acid groups is 2. The zero-order valence-corrected chi connectivity index (χ0v) is 60.6. The summed E-state index contributed by atoms with van der Waals surface area (Å²) < 4.78 is 68.2. The van der Waals surface area contributed by atoms with Crippen LogP contribution >= 0.6 is 15.6 Å². The first-order valence-electron chi connectivity index (χ1n) is 36.7. The predicted octanol–water partition coefficient (Wildman–Crippen LogP) is 20.1. The number of ether oxygens (including phenoxy) is 4. The summed E-state index contributed by atoms with van der Waals surface area (Å²) in [6.45, 7) is 14.0. The molecule has 3 unspecified atom stereocenters.